The van der Waals surface area contributed by atoms with Gasteiger partial charge in [0.15, 0.2) is 6.61 Å². The molecule has 0 aliphatic carbocycles. The van der Waals surface area contributed by atoms with Crippen LogP contribution in [0.1, 0.15) is 24.2 Å². The first-order valence-electron chi connectivity index (χ1n) is 5.42. The van der Waals surface area contributed by atoms with Crippen LogP contribution in [0.3, 0.4) is 0 Å². The van der Waals surface area contributed by atoms with E-state index < -0.39 is 41.4 Å². The summed E-state index contributed by atoms with van der Waals surface area (Å²) in [5.41, 5.74) is 4.27. The molecule has 1 aromatic carbocycles. The van der Waals surface area contributed by atoms with Gasteiger partial charge in [-0.25, -0.2) is 18.4 Å². The van der Waals surface area contributed by atoms with Gasteiger partial charge in [-0.1, -0.05) is 0 Å². The Hall–Kier alpha value is -2.18. The first-order valence-corrected chi connectivity index (χ1v) is 5.42. The van der Waals surface area contributed by atoms with Gasteiger partial charge in [-0.3, -0.25) is 0 Å². The van der Waals surface area contributed by atoms with Gasteiger partial charge in [-0.2, -0.15) is 0 Å². The summed E-state index contributed by atoms with van der Waals surface area (Å²) in [6, 6.07) is 1.28. The second-order valence-corrected chi connectivity index (χ2v) is 3.97. The van der Waals surface area contributed by atoms with Crippen molar-refractivity contribution >= 4 is 17.6 Å². The summed E-state index contributed by atoms with van der Waals surface area (Å²) in [6.07, 6.45) is -0.357. The van der Waals surface area contributed by atoms with Gasteiger partial charge in [0.1, 0.15) is 11.6 Å². The average Bonchev–Trinajstić information content (AvgIpc) is 2.30. The van der Waals surface area contributed by atoms with E-state index >= 15 is 0 Å². The van der Waals surface area contributed by atoms with Crippen LogP contribution in [0.4, 0.5) is 14.5 Å². The number of hydrogen-bond acceptors (Lipinski definition) is 5. The molecule has 0 radical (unpaired) electrons. The van der Waals surface area contributed by atoms with Gasteiger partial charge in [0.05, 0.1) is 17.4 Å². The Morgan fingerprint density at radius 1 is 1.26 bits per heavy atom. The van der Waals surface area contributed by atoms with Gasteiger partial charge in [-0.05, 0) is 19.9 Å². The number of benzene rings is 1. The SMILES string of the molecule is CC(C)OC(=O)COC(=O)c1cc(N)c(F)cc1F. The van der Waals surface area contributed by atoms with Crippen molar-refractivity contribution in [3.63, 3.8) is 0 Å². The lowest BCUT2D eigenvalue weighted by Crippen LogP contribution is -2.20. The maximum absolute atomic E-state index is 13.3. The van der Waals surface area contributed by atoms with E-state index in [2.05, 4.69) is 4.74 Å². The number of carbonyl (C=O) groups excluding carboxylic acids is 2. The number of anilines is 1. The zero-order chi connectivity index (χ0) is 14.6. The van der Waals surface area contributed by atoms with E-state index in [1.54, 1.807) is 13.8 Å². The molecule has 0 aliphatic rings. The van der Waals surface area contributed by atoms with Gasteiger partial charge in [0.25, 0.3) is 0 Å². The molecule has 2 N–H and O–H groups in total. The van der Waals surface area contributed by atoms with Crippen molar-refractivity contribution in [1.82, 2.24) is 0 Å². The molecule has 0 unspecified atom stereocenters. The Balaban J connectivity index is 2.69. The largest absolute Gasteiger partial charge is 0.460 e. The van der Waals surface area contributed by atoms with Crippen LogP contribution in [0.15, 0.2) is 12.1 Å². The lowest BCUT2D eigenvalue weighted by Gasteiger charge is -2.09. The van der Waals surface area contributed by atoms with Crippen LogP contribution in [-0.4, -0.2) is 24.6 Å². The molecule has 0 amide bonds. The monoisotopic (exact) mass is 273 g/mol. The number of ether oxygens (including phenoxy) is 2. The zero-order valence-corrected chi connectivity index (χ0v) is 10.4. The highest BCUT2D eigenvalue weighted by Crippen LogP contribution is 2.17. The lowest BCUT2D eigenvalue weighted by molar-refractivity contribution is -0.150. The van der Waals surface area contributed by atoms with Crippen molar-refractivity contribution in [2.24, 2.45) is 0 Å². The minimum atomic E-state index is -1.12. The number of nitrogen functional groups attached to an aromatic ring is 1. The molecule has 0 atom stereocenters. The summed E-state index contributed by atoms with van der Waals surface area (Å²) in [5, 5.41) is 0. The summed E-state index contributed by atoms with van der Waals surface area (Å²) in [6.45, 7) is 2.59. The fourth-order valence-electron chi connectivity index (χ4n) is 1.22. The highest BCUT2D eigenvalue weighted by atomic mass is 19.1. The van der Waals surface area contributed by atoms with Crippen LogP contribution in [-0.2, 0) is 14.3 Å². The Morgan fingerprint density at radius 3 is 2.47 bits per heavy atom. The third-order valence-corrected chi connectivity index (χ3v) is 1.99. The van der Waals surface area contributed by atoms with E-state index in [9.17, 15) is 18.4 Å². The first-order chi connectivity index (χ1) is 8.81. The summed E-state index contributed by atoms with van der Waals surface area (Å²) in [7, 11) is 0. The van der Waals surface area contributed by atoms with Crippen LogP contribution >= 0.6 is 0 Å². The quantitative estimate of drug-likeness (QED) is 0.666. The van der Waals surface area contributed by atoms with Crippen LogP contribution < -0.4 is 5.73 Å². The molecule has 19 heavy (non-hydrogen) atoms. The molecule has 0 bridgehead atoms. The molecule has 0 heterocycles. The molecule has 0 aromatic heterocycles. The number of carbonyl (C=O) groups is 2. The fraction of sp³-hybridized carbons (Fsp3) is 0.333. The molecule has 1 aromatic rings. The van der Waals surface area contributed by atoms with Crippen LogP contribution in [0.25, 0.3) is 0 Å². The molecule has 7 heteroatoms. The highest BCUT2D eigenvalue weighted by molar-refractivity contribution is 5.92. The standard InChI is InChI=1S/C12H13F2NO4/c1-6(2)19-11(16)5-18-12(17)7-3-10(15)9(14)4-8(7)13/h3-4,6H,5,15H2,1-2H3. The zero-order valence-electron chi connectivity index (χ0n) is 10.4. The number of nitrogens with two attached hydrogens (primary N) is 1. The van der Waals surface area contributed by atoms with E-state index in [-0.39, 0.29) is 6.10 Å². The van der Waals surface area contributed by atoms with Crippen LogP contribution in [0.2, 0.25) is 0 Å². The first kappa shape index (κ1) is 14.9. The van der Waals surface area contributed by atoms with Crippen LogP contribution in [0.5, 0.6) is 0 Å². The predicted molar refractivity (Wildman–Crippen MR) is 62.3 cm³/mol. The topological polar surface area (TPSA) is 78.6 Å². The molecule has 0 spiro atoms. The van der Waals surface area contributed by atoms with Gasteiger partial charge < -0.3 is 15.2 Å². The second-order valence-electron chi connectivity index (χ2n) is 3.97. The Labute approximate surface area is 108 Å². The molecular weight excluding hydrogens is 260 g/mol. The molecule has 0 fully saturated rings. The van der Waals surface area contributed by atoms with Crippen molar-refractivity contribution in [3.05, 3.63) is 29.3 Å². The Kier molecular flexibility index (Phi) is 4.80. The third-order valence-electron chi connectivity index (χ3n) is 1.99. The van der Waals surface area contributed by atoms with Gasteiger partial charge in [0, 0.05) is 6.07 Å². The van der Waals surface area contributed by atoms with E-state index in [0.29, 0.717) is 6.07 Å². The fourth-order valence-corrected chi connectivity index (χ4v) is 1.22. The van der Waals surface area contributed by atoms with Crippen LogP contribution in [0, 0.1) is 11.6 Å². The average molecular weight is 273 g/mol. The summed E-state index contributed by atoms with van der Waals surface area (Å²) in [4.78, 5) is 22.6. The molecule has 0 saturated carbocycles. The number of halogens is 2. The van der Waals surface area contributed by atoms with E-state index in [1.165, 1.54) is 0 Å². The van der Waals surface area contributed by atoms with Crippen molar-refractivity contribution in [3.8, 4) is 0 Å². The molecular formula is C12H13F2NO4. The highest BCUT2D eigenvalue weighted by Gasteiger charge is 2.18. The van der Waals surface area contributed by atoms with E-state index in [0.717, 1.165) is 6.07 Å². The Morgan fingerprint density at radius 2 is 1.89 bits per heavy atom. The van der Waals surface area contributed by atoms with Crippen molar-refractivity contribution in [1.29, 1.82) is 0 Å². The van der Waals surface area contributed by atoms with Crippen molar-refractivity contribution < 1.29 is 27.8 Å². The van der Waals surface area contributed by atoms with E-state index in [4.69, 9.17) is 10.5 Å². The summed E-state index contributed by atoms with van der Waals surface area (Å²) < 4.78 is 35.4. The molecule has 0 saturated heterocycles. The number of esters is 2. The van der Waals surface area contributed by atoms with Crippen molar-refractivity contribution in [2.75, 3.05) is 12.3 Å². The third kappa shape index (κ3) is 4.20. The van der Waals surface area contributed by atoms with Gasteiger partial charge in [0.2, 0.25) is 0 Å². The normalized spacial score (nSPS) is 10.4. The molecule has 5 nitrogen and oxygen atoms in total. The summed E-state index contributed by atoms with van der Waals surface area (Å²) in [5.74, 6) is -3.98. The predicted octanol–water partition coefficient (Wildman–Crippen LogP) is 1.66. The number of hydrogen-bond donors (Lipinski definition) is 1. The van der Waals surface area contributed by atoms with Gasteiger partial charge in [-0.15, -0.1) is 0 Å². The maximum atomic E-state index is 13.3. The second kappa shape index (κ2) is 6.12. The lowest BCUT2D eigenvalue weighted by atomic mass is 10.2. The minimum absolute atomic E-state index is 0.357. The summed E-state index contributed by atoms with van der Waals surface area (Å²) >= 11 is 0. The van der Waals surface area contributed by atoms with Crippen molar-refractivity contribution in [2.45, 2.75) is 20.0 Å². The van der Waals surface area contributed by atoms with E-state index in [1.807, 2.05) is 0 Å². The molecule has 1 rings (SSSR count). The Bertz CT molecular complexity index is 503. The maximum Gasteiger partial charge on any atom is 0.344 e. The minimum Gasteiger partial charge on any atom is -0.460 e. The smallest absolute Gasteiger partial charge is 0.344 e. The molecule has 0 aliphatic heterocycles. The molecule has 104 valence electrons. The number of rotatable bonds is 4. The van der Waals surface area contributed by atoms with Gasteiger partial charge >= 0.3 is 11.9 Å².